The van der Waals surface area contributed by atoms with E-state index in [1.54, 1.807) is 7.05 Å². The Kier molecular flexibility index (Phi) is 5.98. The quantitative estimate of drug-likeness (QED) is 0.593. The molecule has 0 radical (unpaired) electrons. The fraction of sp³-hybridized carbons (Fsp3) is 0.941. The highest BCUT2D eigenvalue weighted by molar-refractivity contribution is 7.90. The topological polar surface area (TPSA) is 61.8 Å². The van der Waals surface area contributed by atoms with E-state index >= 15 is 0 Å². The SMILES string of the molecule is CN=C(NCC1(CS(C)(=O)=O)CC1)N(C)CC1CCC(C)CC1. The molecule has 23 heavy (non-hydrogen) atoms. The second-order valence-corrected chi connectivity index (χ2v) is 10.1. The van der Waals surface area contributed by atoms with Gasteiger partial charge in [0.2, 0.25) is 0 Å². The fourth-order valence-electron chi connectivity index (χ4n) is 3.74. The number of aliphatic imine (C=N–C) groups is 1. The molecule has 2 rings (SSSR count). The van der Waals surface area contributed by atoms with Crippen LogP contribution in [0.3, 0.4) is 0 Å². The molecule has 134 valence electrons. The Morgan fingerprint density at radius 3 is 2.35 bits per heavy atom. The van der Waals surface area contributed by atoms with Crippen molar-refractivity contribution in [2.24, 2.45) is 22.2 Å². The van der Waals surface area contributed by atoms with E-state index in [0.717, 1.165) is 37.2 Å². The highest BCUT2D eigenvalue weighted by Crippen LogP contribution is 2.46. The molecule has 0 saturated heterocycles. The van der Waals surface area contributed by atoms with Crippen LogP contribution in [0.5, 0.6) is 0 Å². The van der Waals surface area contributed by atoms with Crippen molar-refractivity contribution in [2.75, 3.05) is 39.2 Å². The van der Waals surface area contributed by atoms with E-state index in [4.69, 9.17) is 0 Å². The first-order chi connectivity index (χ1) is 10.7. The third-order valence-electron chi connectivity index (χ3n) is 5.39. The van der Waals surface area contributed by atoms with Gasteiger partial charge in [-0.2, -0.15) is 0 Å². The van der Waals surface area contributed by atoms with Crippen molar-refractivity contribution in [3.63, 3.8) is 0 Å². The number of hydrogen-bond donors (Lipinski definition) is 1. The maximum atomic E-state index is 11.6. The molecule has 1 N–H and O–H groups in total. The molecule has 0 atom stereocenters. The lowest BCUT2D eigenvalue weighted by atomic mass is 9.83. The van der Waals surface area contributed by atoms with Gasteiger partial charge in [-0.05, 0) is 37.5 Å². The van der Waals surface area contributed by atoms with Gasteiger partial charge in [-0.25, -0.2) is 8.42 Å². The number of guanidine groups is 1. The van der Waals surface area contributed by atoms with E-state index in [1.165, 1.54) is 31.9 Å². The molecule has 0 aromatic rings. The smallest absolute Gasteiger partial charge is 0.193 e. The van der Waals surface area contributed by atoms with Crippen LogP contribution in [0.15, 0.2) is 4.99 Å². The minimum atomic E-state index is -2.92. The van der Waals surface area contributed by atoms with Gasteiger partial charge in [-0.3, -0.25) is 4.99 Å². The molecule has 2 aliphatic rings. The van der Waals surface area contributed by atoms with Crippen LogP contribution in [0.4, 0.5) is 0 Å². The van der Waals surface area contributed by atoms with Gasteiger partial charge in [0.05, 0.1) is 5.75 Å². The summed E-state index contributed by atoms with van der Waals surface area (Å²) in [6.07, 6.45) is 8.60. The second-order valence-electron chi connectivity index (χ2n) is 7.98. The summed E-state index contributed by atoms with van der Waals surface area (Å²) in [5.41, 5.74) is -0.0648. The minimum Gasteiger partial charge on any atom is -0.356 e. The normalized spacial score (nSPS) is 27.6. The summed E-state index contributed by atoms with van der Waals surface area (Å²) in [6.45, 7) is 4.08. The van der Waals surface area contributed by atoms with E-state index < -0.39 is 9.84 Å². The number of nitrogens with zero attached hydrogens (tertiary/aromatic N) is 2. The highest BCUT2D eigenvalue weighted by Gasteiger charge is 2.45. The van der Waals surface area contributed by atoms with Crippen molar-refractivity contribution in [2.45, 2.75) is 45.4 Å². The average Bonchev–Trinajstić information content (AvgIpc) is 3.19. The average molecular weight is 344 g/mol. The zero-order chi connectivity index (χ0) is 17.1. The molecule has 2 saturated carbocycles. The Bertz CT molecular complexity index is 518. The van der Waals surface area contributed by atoms with Crippen LogP contribution < -0.4 is 5.32 Å². The van der Waals surface area contributed by atoms with Crippen molar-refractivity contribution in [3.05, 3.63) is 0 Å². The van der Waals surface area contributed by atoms with Crippen LogP contribution in [0.2, 0.25) is 0 Å². The molecule has 5 nitrogen and oxygen atoms in total. The van der Waals surface area contributed by atoms with Gasteiger partial charge in [0.25, 0.3) is 0 Å². The monoisotopic (exact) mass is 343 g/mol. The Morgan fingerprint density at radius 1 is 1.26 bits per heavy atom. The number of nitrogens with one attached hydrogen (secondary N) is 1. The lowest BCUT2D eigenvalue weighted by molar-refractivity contribution is 0.249. The second kappa shape index (κ2) is 7.41. The standard InChI is InChI=1S/C17H33N3O2S/c1-14-5-7-15(8-6-14)11-20(3)16(18-2)19-12-17(9-10-17)13-23(4,21)22/h14-15H,5-13H2,1-4H3,(H,18,19). The van der Waals surface area contributed by atoms with Crippen molar-refractivity contribution in [1.82, 2.24) is 10.2 Å². The van der Waals surface area contributed by atoms with E-state index in [0.29, 0.717) is 6.54 Å². The lowest BCUT2D eigenvalue weighted by Gasteiger charge is -2.31. The molecule has 0 amide bonds. The molecule has 2 aliphatic carbocycles. The summed E-state index contributed by atoms with van der Waals surface area (Å²) in [7, 11) is 0.975. The number of sulfone groups is 1. The number of hydrogen-bond acceptors (Lipinski definition) is 3. The molecular weight excluding hydrogens is 310 g/mol. The van der Waals surface area contributed by atoms with Gasteiger partial charge in [-0.15, -0.1) is 0 Å². The molecule has 0 bridgehead atoms. The van der Waals surface area contributed by atoms with Gasteiger partial charge in [-0.1, -0.05) is 19.8 Å². The molecular formula is C17H33N3O2S. The van der Waals surface area contributed by atoms with Gasteiger partial charge < -0.3 is 10.2 Å². The molecule has 0 aliphatic heterocycles. The van der Waals surface area contributed by atoms with E-state index in [-0.39, 0.29) is 11.2 Å². The maximum Gasteiger partial charge on any atom is 0.193 e. The summed E-state index contributed by atoms with van der Waals surface area (Å²) < 4.78 is 23.1. The van der Waals surface area contributed by atoms with Crippen LogP contribution in [0.25, 0.3) is 0 Å². The van der Waals surface area contributed by atoms with Gasteiger partial charge >= 0.3 is 0 Å². The summed E-state index contributed by atoms with van der Waals surface area (Å²) in [5, 5.41) is 3.40. The van der Waals surface area contributed by atoms with Gasteiger partial charge in [0.15, 0.2) is 5.96 Å². The highest BCUT2D eigenvalue weighted by atomic mass is 32.2. The first-order valence-electron chi connectivity index (χ1n) is 8.82. The van der Waals surface area contributed by atoms with Crippen LogP contribution in [0, 0.1) is 17.3 Å². The van der Waals surface area contributed by atoms with Crippen molar-refractivity contribution in [1.29, 1.82) is 0 Å². The molecule has 0 spiro atoms. The van der Waals surface area contributed by atoms with Gasteiger partial charge in [0.1, 0.15) is 9.84 Å². The predicted octanol–water partition coefficient (Wildman–Crippen LogP) is 2.14. The Hall–Kier alpha value is -0.780. The first-order valence-corrected chi connectivity index (χ1v) is 10.9. The first kappa shape index (κ1) is 18.6. The predicted molar refractivity (Wildman–Crippen MR) is 96.5 cm³/mol. The van der Waals surface area contributed by atoms with Crippen LogP contribution in [-0.2, 0) is 9.84 Å². The third-order valence-corrected chi connectivity index (χ3v) is 6.52. The fourth-order valence-corrected chi connectivity index (χ4v) is 5.24. The van der Waals surface area contributed by atoms with Crippen LogP contribution in [-0.4, -0.2) is 58.5 Å². The van der Waals surface area contributed by atoms with Crippen LogP contribution in [0.1, 0.15) is 45.4 Å². The molecule has 0 aromatic carbocycles. The van der Waals surface area contributed by atoms with Crippen LogP contribution >= 0.6 is 0 Å². The third kappa shape index (κ3) is 5.98. The van der Waals surface area contributed by atoms with E-state index in [1.807, 2.05) is 0 Å². The Labute approximate surface area is 141 Å². The lowest BCUT2D eigenvalue weighted by Crippen LogP contribution is -2.44. The summed E-state index contributed by atoms with van der Waals surface area (Å²) >= 11 is 0. The molecule has 6 heteroatoms. The Balaban J connectivity index is 1.81. The van der Waals surface area contributed by atoms with Crippen molar-refractivity contribution in [3.8, 4) is 0 Å². The minimum absolute atomic E-state index is 0.0648. The van der Waals surface area contributed by atoms with E-state index in [9.17, 15) is 8.42 Å². The number of rotatable bonds is 6. The largest absolute Gasteiger partial charge is 0.356 e. The zero-order valence-electron chi connectivity index (χ0n) is 15.1. The molecule has 2 fully saturated rings. The summed E-state index contributed by atoms with van der Waals surface area (Å²) in [6, 6.07) is 0. The zero-order valence-corrected chi connectivity index (χ0v) is 16.0. The van der Waals surface area contributed by atoms with Gasteiger partial charge in [0, 0.05) is 38.9 Å². The summed E-state index contributed by atoms with van der Waals surface area (Å²) in [4.78, 5) is 6.58. The summed E-state index contributed by atoms with van der Waals surface area (Å²) in [5.74, 6) is 2.80. The van der Waals surface area contributed by atoms with Crippen molar-refractivity contribution < 1.29 is 8.42 Å². The van der Waals surface area contributed by atoms with Crippen molar-refractivity contribution >= 4 is 15.8 Å². The maximum absolute atomic E-state index is 11.6. The Morgan fingerprint density at radius 2 is 1.87 bits per heavy atom. The molecule has 0 heterocycles. The van der Waals surface area contributed by atoms with E-state index in [2.05, 4.69) is 29.2 Å². The molecule has 0 unspecified atom stereocenters. The molecule has 0 aromatic heterocycles.